The summed E-state index contributed by atoms with van der Waals surface area (Å²) >= 11 is 0. The van der Waals surface area contributed by atoms with E-state index in [2.05, 4.69) is 9.72 Å². The van der Waals surface area contributed by atoms with Crippen LogP contribution in [-0.2, 0) is 9.53 Å². The third kappa shape index (κ3) is 3.09. The maximum atomic E-state index is 13.9. The number of benzene rings is 2. The second-order valence-corrected chi connectivity index (χ2v) is 5.25. The summed E-state index contributed by atoms with van der Waals surface area (Å²) in [4.78, 5) is 49.5. The highest BCUT2D eigenvalue weighted by Crippen LogP contribution is 2.13. The number of H-pyrrole nitrogens is 1. The van der Waals surface area contributed by atoms with Crippen LogP contribution in [0.2, 0.25) is 0 Å². The van der Waals surface area contributed by atoms with Gasteiger partial charge in [-0.3, -0.25) is 4.79 Å². The van der Waals surface area contributed by atoms with E-state index in [1.165, 1.54) is 36.4 Å². The van der Waals surface area contributed by atoms with Crippen LogP contribution in [0.4, 0.5) is 4.39 Å². The average Bonchev–Trinajstić information content (AvgIpc) is 2.60. The van der Waals surface area contributed by atoms with Gasteiger partial charge in [0.25, 0.3) is 5.56 Å². The van der Waals surface area contributed by atoms with E-state index in [1.54, 1.807) is 0 Å². The Morgan fingerprint density at radius 2 is 1.88 bits per heavy atom. The summed E-state index contributed by atoms with van der Waals surface area (Å²) in [5.74, 6) is -2.98. The lowest BCUT2D eigenvalue weighted by Crippen LogP contribution is -2.34. The molecule has 0 atom stereocenters. The van der Waals surface area contributed by atoms with E-state index in [1.807, 2.05) is 0 Å². The van der Waals surface area contributed by atoms with Crippen LogP contribution in [0.3, 0.4) is 0 Å². The number of rotatable bonds is 4. The zero-order valence-corrected chi connectivity index (χ0v) is 13.1. The lowest BCUT2D eigenvalue weighted by atomic mass is 10.1. The largest absolute Gasteiger partial charge is 0.479 e. The van der Waals surface area contributed by atoms with Gasteiger partial charge in [0.05, 0.1) is 22.2 Å². The first-order valence-electron chi connectivity index (χ1n) is 7.31. The molecule has 2 aromatic carbocycles. The molecule has 3 aromatic rings. The zero-order chi connectivity index (χ0) is 18.8. The maximum Gasteiger partial charge on any atom is 0.341 e. The topological polar surface area (TPSA) is 118 Å². The fourth-order valence-electron chi connectivity index (χ4n) is 2.41. The summed E-state index contributed by atoms with van der Waals surface area (Å²) in [6, 6.07) is 9.01. The lowest BCUT2D eigenvalue weighted by molar-refractivity contribution is -0.140. The van der Waals surface area contributed by atoms with Gasteiger partial charge in [0.2, 0.25) is 0 Å². The molecule has 1 aromatic heterocycles. The second kappa shape index (κ2) is 6.63. The van der Waals surface area contributed by atoms with Gasteiger partial charge in [-0.25, -0.2) is 23.3 Å². The van der Waals surface area contributed by atoms with E-state index in [0.717, 1.165) is 6.07 Å². The molecule has 0 unspecified atom stereocenters. The number of carboxylic acid groups (broad SMARTS) is 1. The predicted octanol–water partition coefficient (Wildman–Crippen LogP) is 1.06. The molecule has 1 heterocycles. The number of aliphatic carboxylic acids is 1. The van der Waals surface area contributed by atoms with Gasteiger partial charge in [0, 0.05) is 0 Å². The average molecular weight is 358 g/mol. The van der Waals surface area contributed by atoms with Gasteiger partial charge < -0.3 is 14.8 Å². The Bertz CT molecular complexity index is 1150. The van der Waals surface area contributed by atoms with E-state index >= 15 is 0 Å². The number of esters is 1. The first-order chi connectivity index (χ1) is 12.4. The van der Waals surface area contributed by atoms with Gasteiger partial charge >= 0.3 is 17.6 Å². The molecule has 0 radical (unpaired) electrons. The third-order valence-electron chi connectivity index (χ3n) is 3.55. The van der Waals surface area contributed by atoms with Crippen molar-refractivity contribution in [2.45, 2.75) is 0 Å². The second-order valence-electron chi connectivity index (χ2n) is 5.25. The summed E-state index contributed by atoms with van der Waals surface area (Å²) in [6.07, 6.45) is 0. The molecule has 9 heteroatoms. The summed E-state index contributed by atoms with van der Waals surface area (Å²) in [5.41, 5.74) is -1.86. The monoisotopic (exact) mass is 358 g/mol. The molecule has 2 N–H and O–H groups in total. The van der Waals surface area contributed by atoms with Gasteiger partial charge in [0.1, 0.15) is 5.82 Å². The highest BCUT2D eigenvalue weighted by molar-refractivity contribution is 5.94. The number of aromatic nitrogens is 2. The minimum atomic E-state index is -1.32. The van der Waals surface area contributed by atoms with Crippen LogP contribution in [0.25, 0.3) is 16.6 Å². The van der Waals surface area contributed by atoms with Crippen molar-refractivity contribution in [1.29, 1.82) is 0 Å². The Morgan fingerprint density at radius 3 is 2.58 bits per heavy atom. The number of nitrogens with one attached hydrogen (secondary N) is 1. The molecule has 0 saturated heterocycles. The Labute approximate surface area is 144 Å². The van der Waals surface area contributed by atoms with Crippen molar-refractivity contribution in [3.63, 3.8) is 0 Å². The van der Waals surface area contributed by atoms with Crippen LogP contribution in [0.15, 0.2) is 52.1 Å². The van der Waals surface area contributed by atoms with Gasteiger partial charge in [-0.15, -0.1) is 0 Å². The van der Waals surface area contributed by atoms with E-state index in [-0.39, 0.29) is 22.2 Å². The molecule has 0 aliphatic carbocycles. The van der Waals surface area contributed by atoms with E-state index < -0.39 is 35.6 Å². The number of para-hydroxylation sites is 1. The SMILES string of the molecule is O=C(O)COC(=O)c1ccc2c(=O)n(-c3ccccc3F)c(=O)[nH]c2c1. The Kier molecular flexibility index (Phi) is 4.36. The van der Waals surface area contributed by atoms with Gasteiger partial charge in [-0.05, 0) is 30.3 Å². The Balaban J connectivity index is 2.12. The Morgan fingerprint density at radius 1 is 1.15 bits per heavy atom. The van der Waals surface area contributed by atoms with Gasteiger partial charge in [0.15, 0.2) is 6.61 Å². The van der Waals surface area contributed by atoms with Crippen LogP contribution < -0.4 is 11.2 Å². The molecule has 3 rings (SSSR count). The zero-order valence-electron chi connectivity index (χ0n) is 13.1. The number of carboxylic acids is 1. The van der Waals surface area contributed by atoms with Crippen molar-refractivity contribution in [3.8, 4) is 5.69 Å². The highest BCUT2D eigenvalue weighted by Gasteiger charge is 2.15. The van der Waals surface area contributed by atoms with E-state index in [0.29, 0.717) is 4.57 Å². The molecular weight excluding hydrogens is 347 g/mol. The Hall–Kier alpha value is -3.75. The molecular formula is C17H11FN2O6. The van der Waals surface area contributed by atoms with Crippen LogP contribution in [0.1, 0.15) is 10.4 Å². The van der Waals surface area contributed by atoms with Crippen LogP contribution >= 0.6 is 0 Å². The quantitative estimate of drug-likeness (QED) is 0.673. The van der Waals surface area contributed by atoms with Crippen molar-refractivity contribution in [2.75, 3.05) is 6.61 Å². The minimum Gasteiger partial charge on any atom is -0.479 e. The number of halogens is 1. The van der Waals surface area contributed by atoms with Crippen molar-refractivity contribution in [3.05, 3.63) is 74.7 Å². The van der Waals surface area contributed by atoms with Crippen molar-refractivity contribution >= 4 is 22.8 Å². The minimum absolute atomic E-state index is 0.0392. The van der Waals surface area contributed by atoms with Gasteiger partial charge in [-0.1, -0.05) is 12.1 Å². The number of fused-ring (bicyclic) bond motifs is 1. The summed E-state index contributed by atoms with van der Waals surface area (Å²) in [7, 11) is 0. The van der Waals surface area contributed by atoms with E-state index in [9.17, 15) is 23.6 Å². The maximum absolute atomic E-state index is 13.9. The fourth-order valence-corrected chi connectivity index (χ4v) is 2.41. The number of ether oxygens (including phenoxy) is 1. The summed E-state index contributed by atoms with van der Waals surface area (Å²) in [6.45, 7) is -0.817. The molecule has 0 bridgehead atoms. The van der Waals surface area contributed by atoms with Crippen molar-refractivity contribution < 1.29 is 23.8 Å². The number of carbonyl (C=O) groups is 2. The van der Waals surface area contributed by atoms with Crippen LogP contribution in [0, 0.1) is 5.82 Å². The molecule has 0 aliphatic rings. The fraction of sp³-hybridized carbons (Fsp3) is 0.0588. The molecule has 26 heavy (non-hydrogen) atoms. The smallest absolute Gasteiger partial charge is 0.341 e. The highest BCUT2D eigenvalue weighted by atomic mass is 19.1. The lowest BCUT2D eigenvalue weighted by Gasteiger charge is -2.08. The number of hydrogen-bond acceptors (Lipinski definition) is 5. The van der Waals surface area contributed by atoms with E-state index in [4.69, 9.17) is 5.11 Å². The summed E-state index contributed by atoms with van der Waals surface area (Å²) < 4.78 is 19.1. The standard InChI is InChI=1S/C17H11FN2O6/c18-11-3-1-2-4-13(11)20-15(23)10-6-5-9(7-12(10)19-17(20)25)16(24)26-8-14(21)22/h1-7H,8H2,(H,19,25)(H,21,22). The molecule has 132 valence electrons. The molecule has 0 spiro atoms. The number of aromatic amines is 1. The molecule has 0 saturated carbocycles. The first kappa shape index (κ1) is 17.1. The predicted molar refractivity (Wildman–Crippen MR) is 88.0 cm³/mol. The van der Waals surface area contributed by atoms with Crippen LogP contribution in [-0.4, -0.2) is 33.2 Å². The first-order valence-corrected chi connectivity index (χ1v) is 7.31. The molecule has 8 nitrogen and oxygen atoms in total. The normalized spacial score (nSPS) is 10.7. The number of nitrogens with zero attached hydrogens (tertiary/aromatic N) is 1. The van der Waals surface area contributed by atoms with Crippen LogP contribution in [0.5, 0.6) is 0 Å². The summed E-state index contributed by atoms with van der Waals surface area (Å²) in [5, 5.41) is 8.56. The van der Waals surface area contributed by atoms with Crippen molar-refractivity contribution in [1.82, 2.24) is 9.55 Å². The third-order valence-corrected chi connectivity index (χ3v) is 3.55. The molecule has 0 amide bonds. The number of carbonyl (C=O) groups excluding carboxylic acids is 1. The number of hydrogen-bond donors (Lipinski definition) is 2. The van der Waals surface area contributed by atoms with Crippen molar-refractivity contribution in [2.24, 2.45) is 0 Å². The molecule has 0 aliphatic heterocycles. The molecule has 0 fully saturated rings. The van der Waals surface area contributed by atoms with Gasteiger partial charge in [-0.2, -0.15) is 0 Å².